The molecule has 0 aliphatic heterocycles. The zero-order valence-corrected chi connectivity index (χ0v) is 28.3. The Kier molecular flexibility index (Phi) is 8.91. The summed E-state index contributed by atoms with van der Waals surface area (Å²) in [5.74, 6) is 3.14. The van der Waals surface area contributed by atoms with Crippen LogP contribution in [0.3, 0.4) is 0 Å². The molecule has 0 aromatic carbocycles. The van der Waals surface area contributed by atoms with Crippen LogP contribution in [0.25, 0.3) is 0 Å². The van der Waals surface area contributed by atoms with Crippen LogP contribution >= 0.6 is 12.8 Å². The molecule has 0 saturated heterocycles. The molecule has 7 atom stereocenters. The zero-order valence-electron chi connectivity index (χ0n) is 26.4. The van der Waals surface area contributed by atoms with Gasteiger partial charge in [-0.15, -0.1) is 4.89 Å². The standard InChI is InChI=1S/C33H59NO2SSi/c1-23(12-11-19-31(5,6)36-34-37)27-15-16-28-26-14-13-24-22-25(35-38(9,10)30(2,3)4)17-20-32(24,7)29(26)18-21-33(27,28)8/h13-14,23,25,27-29,34,37H,11-12,15-22H2,1-10H3/t23-,25-,27+,28-,29-,32-,33+/m0/s1. The maximum Gasteiger partial charge on any atom is 0.192 e. The van der Waals surface area contributed by atoms with Gasteiger partial charge < -0.3 is 4.43 Å². The van der Waals surface area contributed by atoms with E-state index in [2.05, 4.69) is 98.3 Å². The van der Waals surface area contributed by atoms with E-state index < -0.39 is 8.32 Å². The minimum Gasteiger partial charge on any atom is -0.414 e. The van der Waals surface area contributed by atoms with Gasteiger partial charge in [0.2, 0.25) is 0 Å². The van der Waals surface area contributed by atoms with Crippen molar-refractivity contribution in [3.05, 3.63) is 23.3 Å². The fourth-order valence-electron chi connectivity index (χ4n) is 8.86. The van der Waals surface area contributed by atoms with E-state index in [0.29, 0.717) is 16.9 Å². The molecule has 0 aromatic rings. The van der Waals surface area contributed by atoms with Crippen LogP contribution < -0.4 is 4.89 Å². The van der Waals surface area contributed by atoms with E-state index in [9.17, 15) is 0 Å². The van der Waals surface area contributed by atoms with Crippen molar-refractivity contribution < 1.29 is 9.26 Å². The van der Waals surface area contributed by atoms with Crippen LogP contribution in [0.15, 0.2) is 23.3 Å². The molecule has 218 valence electrons. The van der Waals surface area contributed by atoms with Gasteiger partial charge in [-0.2, -0.15) is 0 Å². The maximum atomic E-state index is 6.93. The third kappa shape index (κ3) is 5.80. The Morgan fingerprint density at radius 2 is 1.74 bits per heavy atom. The first-order valence-electron chi connectivity index (χ1n) is 15.7. The summed E-state index contributed by atoms with van der Waals surface area (Å²) < 4.78 is 6.93. The minimum absolute atomic E-state index is 0.164. The highest BCUT2D eigenvalue weighted by atomic mass is 32.1. The molecule has 0 unspecified atom stereocenters. The lowest BCUT2D eigenvalue weighted by molar-refractivity contribution is -0.0518. The van der Waals surface area contributed by atoms with Crippen molar-refractivity contribution in [1.82, 2.24) is 4.89 Å². The number of hydrogen-bond acceptors (Lipinski definition) is 4. The maximum absolute atomic E-state index is 6.93. The normalized spacial score (nSPS) is 36.6. The molecule has 0 spiro atoms. The molecular weight excluding hydrogens is 503 g/mol. The van der Waals surface area contributed by atoms with Crippen molar-refractivity contribution in [2.45, 2.75) is 149 Å². The average molecular weight is 562 g/mol. The van der Waals surface area contributed by atoms with Crippen molar-refractivity contribution in [2.24, 2.45) is 34.5 Å². The molecule has 4 rings (SSSR count). The topological polar surface area (TPSA) is 30.5 Å². The summed E-state index contributed by atoms with van der Waals surface area (Å²) >= 11 is 4.03. The second kappa shape index (κ2) is 11.0. The minimum atomic E-state index is -1.73. The fourth-order valence-corrected chi connectivity index (χ4v) is 10.5. The van der Waals surface area contributed by atoms with Gasteiger partial charge in [0.05, 0.1) is 5.60 Å². The molecule has 1 N–H and O–H groups in total. The number of thiol groups is 1. The Bertz CT molecular complexity index is 920. The summed E-state index contributed by atoms with van der Waals surface area (Å²) in [6, 6.07) is 0. The van der Waals surface area contributed by atoms with Gasteiger partial charge in [-0.05, 0) is 118 Å². The number of allylic oxidation sites excluding steroid dienone is 3. The molecule has 3 saturated carbocycles. The number of fused-ring (bicyclic) bond motifs is 5. The summed E-state index contributed by atoms with van der Waals surface area (Å²) in [5.41, 5.74) is 4.15. The van der Waals surface area contributed by atoms with Crippen LogP contribution in [0.5, 0.6) is 0 Å². The SMILES string of the molecule is C[C@@H](CCCC(C)(C)ONS)[C@H]1CC[C@H]2C3=CC=C4C[C@@H](O[Si](C)(C)C(C)(C)C)CC[C@]4(C)[C@H]3CC[C@]12C. The van der Waals surface area contributed by atoms with Crippen LogP contribution in [0.1, 0.15) is 120 Å². The van der Waals surface area contributed by atoms with Crippen molar-refractivity contribution in [2.75, 3.05) is 0 Å². The number of rotatable bonds is 9. The molecule has 4 aliphatic rings. The smallest absolute Gasteiger partial charge is 0.192 e. The summed E-state index contributed by atoms with van der Waals surface area (Å²) in [6.07, 6.45) is 18.4. The summed E-state index contributed by atoms with van der Waals surface area (Å²) in [5, 5.41) is 0.277. The predicted molar refractivity (Wildman–Crippen MR) is 168 cm³/mol. The van der Waals surface area contributed by atoms with Gasteiger partial charge in [0.25, 0.3) is 0 Å². The number of hydrogen-bond donors (Lipinski definition) is 2. The highest BCUT2D eigenvalue weighted by Crippen LogP contribution is 2.66. The van der Waals surface area contributed by atoms with E-state index in [-0.39, 0.29) is 10.6 Å². The summed E-state index contributed by atoms with van der Waals surface area (Å²) in [6.45, 7) is 24.0. The lowest BCUT2D eigenvalue weighted by Crippen LogP contribution is -2.49. The molecule has 0 radical (unpaired) electrons. The van der Waals surface area contributed by atoms with E-state index in [1.54, 1.807) is 5.57 Å². The van der Waals surface area contributed by atoms with Gasteiger partial charge in [-0.3, -0.25) is 4.84 Å². The lowest BCUT2D eigenvalue weighted by Gasteiger charge is -2.56. The van der Waals surface area contributed by atoms with E-state index in [1.807, 2.05) is 5.57 Å². The van der Waals surface area contributed by atoms with Gasteiger partial charge in [-0.1, -0.05) is 90.5 Å². The lowest BCUT2D eigenvalue weighted by atomic mass is 9.50. The number of nitrogens with one attached hydrogen (secondary N) is 1. The third-order valence-corrected chi connectivity index (χ3v) is 16.9. The molecule has 0 amide bonds. The van der Waals surface area contributed by atoms with Crippen molar-refractivity contribution in [3.63, 3.8) is 0 Å². The third-order valence-electron chi connectivity index (χ3n) is 12.3. The molecular formula is C33H59NO2SSi. The molecule has 0 aromatic heterocycles. The second-order valence-corrected chi connectivity index (χ2v) is 21.1. The van der Waals surface area contributed by atoms with Gasteiger partial charge in [-0.25, -0.2) is 0 Å². The molecule has 3 nitrogen and oxygen atoms in total. The van der Waals surface area contributed by atoms with E-state index in [4.69, 9.17) is 9.26 Å². The van der Waals surface area contributed by atoms with Gasteiger partial charge in [0.15, 0.2) is 8.32 Å². The van der Waals surface area contributed by atoms with Crippen molar-refractivity contribution >= 4 is 21.1 Å². The zero-order chi connectivity index (χ0) is 28.1. The first-order chi connectivity index (χ1) is 17.5. The fraction of sp³-hybridized carbons (Fsp3) is 0.879. The highest BCUT2D eigenvalue weighted by Gasteiger charge is 2.57. The molecule has 0 bridgehead atoms. The Labute approximate surface area is 242 Å². The monoisotopic (exact) mass is 561 g/mol. The van der Waals surface area contributed by atoms with Crippen LogP contribution in [0.4, 0.5) is 0 Å². The first-order valence-corrected chi connectivity index (χ1v) is 19.1. The van der Waals surface area contributed by atoms with Gasteiger partial charge in [0.1, 0.15) is 0 Å². The van der Waals surface area contributed by atoms with Crippen molar-refractivity contribution in [1.29, 1.82) is 0 Å². The Morgan fingerprint density at radius 1 is 1.03 bits per heavy atom. The Morgan fingerprint density at radius 3 is 2.39 bits per heavy atom. The van der Waals surface area contributed by atoms with Crippen LogP contribution in [-0.2, 0) is 9.26 Å². The molecule has 3 fully saturated rings. The molecule has 5 heteroatoms. The van der Waals surface area contributed by atoms with E-state index >= 15 is 0 Å². The Balaban J connectivity index is 1.45. The predicted octanol–water partition coefficient (Wildman–Crippen LogP) is 9.83. The van der Waals surface area contributed by atoms with Crippen LogP contribution in [0, 0.1) is 34.5 Å². The van der Waals surface area contributed by atoms with Crippen LogP contribution in [-0.4, -0.2) is 20.0 Å². The largest absolute Gasteiger partial charge is 0.414 e. The average Bonchev–Trinajstić information content (AvgIpc) is 3.15. The quantitative estimate of drug-likeness (QED) is 0.167. The molecule has 4 aliphatic carbocycles. The molecule has 0 heterocycles. The second-order valence-electron chi connectivity index (χ2n) is 16.2. The van der Waals surface area contributed by atoms with E-state index in [1.165, 1.54) is 51.4 Å². The van der Waals surface area contributed by atoms with Gasteiger partial charge in [0, 0.05) is 6.10 Å². The van der Waals surface area contributed by atoms with Gasteiger partial charge >= 0.3 is 0 Å². The Hall–Kier alpha value is -0.0731. The van der Waals surface area contributed by atoms with E-state index in [0.717, 1.165) is 36.5 Å². The first kappa shape index (κ1) is 30.9. The highest BCUT2D eigenvalue weighted by molar-refractivity contribution is 7.77. The summed E-state index contributed by atoms with van der Waals surface area (Å²) in [4.78, 5) is 8.18. The van der Waals surface area contributed by atoms with Crippen LogP contribution in [0.2, 0.25) is 18.1 Å². The molecule has 38 heavy (non-hydrogen) atoms. The van der Waals surface area contributed by atoms with Crippen molar-refractivity contribution in [3.8, 4) is 0 Å². The summed E-state index contributed by atoms with van der Waals surface area (Å²) in [7, 11) is -1.73.